The number of nitrogens with two attached hydrogens (primary N) is 1. The van der Waals surface area contributed by atoms with Crippen molar-refractivity contribution in [2.45, 2.75) is 19.8 Å². The van der Waals surface area contributed by atoms with Crippen molar-refractivity contribution in [3.05, 3.63) is 77.3 Å². The number of thiazole rings is 1. The summed E-state index contributed by atoms with van der Waals surface area (Å²) in [5.74, 6) is -0.559. The molecular weight excluding hydrogens is 438 g/mol. The molecule has 4 N–H and O–H groups in total. The summed E-state index contributed by atoms with van der Waals surface area (Å²) in [6.45, 7) is 3.78. The molecule has 4 rings (SSSR count). The Bertz CT molecular complexity index is 1280. The molecule has 4 aromatic rings. The number of fused-ring (bicyclic) bond motifs is 1. The van der Waals surface area contributed by atoms with Crippen LogP contribution in [0.4, 0.5) is 0 Å². The lowest BCUT2D eigenvalue weighted by Crippen LogP contribution is -2.32. The minimum Gasteiger partial charge on any atom is -0.378 e. The summed E-state index contributed by atoms with van der Waals surface area (Å²) in [6, 6.07) is 18.3. The van der Waals surface area contributed by atoms with Crippen LogP contribution >= 0.6 is 23.1 Å². The number of nitrogens with zero attached hydrogens (tertiary/aromatic N) is 2. The zero-order chi connectivity index (χ0) is 22.7. The molecule has 8 heteroatoms. The van der Waals surface area contributed by atoms with Crippen molar-refractivity contribution in [2.75, 3.05) is 0 Å². The molecule has 1 unspecified atom stereocenters. The van der Waals surface area contributed by atoms with E-state index in [1.165, 1.54) is 0 Å². The van der Waals surface area contributed by atoms with Crippen LogP contribution in [0.3, 0.4) is 0 Å². The number of benzene rings is 2. The third kappa shape index (κ3) is 4.37. The van der Waals surface area contributed by atoms with E-state index in [4.69, 9.17) is 11.1 Å². The number of H-pyrrole nitrogens is 1. The Hall–Kier alpha value is -3.23. The zero-order valence-electron chi connectivity index (χ0n) is 17.7. The molecule has 0 spiro atoms. The topological polar surface area (TPSA) is 108 Å². The van der Waals surface area contributed by atoms with Crippen molar-refractivity contribution >= 4 is 50.6 Å². The van der Waals surface area contributed by atoms with Gasteiger partial charge in [0.2, 0.25) is 0 Å². The van der Waals surface area contributed by atoms with Gasteiger partial charge in [0.15, 0.2) is 5.17 Å². The van der Waals surface area contributed by atoms with Crippen molar-refractivity contribution in [1.82, 2.24) is 9.97 Å². The van der Waals surface area contributed by atoms with E-state index in [1.54, 1.807) is 17.5 Å². The second-order valence-corrected chi connectivity index (χ2v) is 9.71. The van der Waals surface area contributed by atoms with Gasteiger partial charge in [-0.05, 0) is 41.1 Å². The van der Waals surface area contributed by atoms with Crippen LogP contribution in [0.15, 0.2) is 71.2 Å². The van der Waals surface area contributed by atoms with E-state index in [0.717, 1.165) is 50.0 Å². The highest BCUT2D eigenvalue weighted by Gasteiger charge is 2.39. The number of nitrogens with one attached hydrogen (secondary N) is 2. The molecule has 32 heavy (non-hydrogen) atoms. The molecule has 0 aliphatic rings. The smallest absolute Gasteiger partial charge is 0.254 e. The van der Waals surface area contributed by atoms with Gasteiger partial charge < -0.3 is 16.1 Å². The van der Waals surface area contributed by atoms with Gasteiger partial charge in [0.05, 0.1) is 16.7 Å². The largest absolute Gasteiger partial charge is 0.378 e. The van der Waals surface area contributed by atoms with E-state index in [1.807, 2.05) is 55.6 Å². The third-order valence-electron chi connectivity index (χ3n) is 5.44. The summed E-state index contributed by atoms with van der Waals surface area (Å²) in [4.78, 5) is 25.1. The first kappa shape index (κ1) is 22.0. The minimum atomic E-state index is -0.864. The molecular formula is C24H23N5OS2. The minimum absolute atomic E-state index is 0.0686. The van der Waals surface area contributed by atoms with Crippen LogP contribution in [0.2, 0.25) is 0 Å². The van der Waals surface area contributed by atoms with Gasteiger partial charge in [0.1, 0.15) is 5.01 Å². The van der Waals surface area contributed by atoms with Crippen molar-refractivity contribution in [2.24, 2.45) is 16.1 Å². The first-order valence-corrected chi connectivity index (χ1v) is 11.8. The lowest BCUT2D eigenvalue weighted by Gasteiger charge is -2.32. The number of aromatic nitrogens is 2. The molecule has 2 aromatic carbocycles. The Kier molecular flexibility index (Phi) is 6.25. The van der Waals surface area contributed by atoms with Crippen molar-refractivity contribution in [1.29, 1.82) is 5.41 Å². The third-order valence-corrected chi connectivity index (χ3v) is 6.70. The van der Waals surface area contributed by atoms with Crippen LogP contribution in [0.1, 0.15) is 30.9 Å². The monoisotopic (exact) mass is 461 g/mol. The summed E-state index contributed by atoms with van der Waals surface area (Å²) in [6.07, 6.45) is 1.79. The summed E-state index contributed by atoms with van der Waals surface area (Å²) in [7, 11) is 0. The normalized spacial score (nSPS) is 13.2. The Morgan fingerprint density at radius 1 is 1.22 bits per heavy atom. The van der Waals surface area contributed by atoms with E-state index in [9.17, 15) is 4.79 Å². The maximum atomic E-state index is 13.2. The summed E-state index contributed by atoms with van der Waals surface area (Å²) < 4.78 is 0. The summed E-state index contributed by atoms with van der Waals surface area (Å²) in [5, 5.41) is 11.2. The predicted molar refractivity (Wildman–Crippen MR) is 134 cm³/mol. The standard InChI is InChI=1S/C24H23N5OS2/c1-24(2,22(30)29-23(26)32-14-25)20(15-6-4-3-5-7-15)16-8-9-18-17(12-16)13-19(28-18)21-27-10-11-31-21/h3-14,20,25,28H,1-2H3,(H2,26,29,30). The van der Waals surface area contributed by atoms with E-state index >= 15 is 0 Å². The number of carbonyl (C=O) groups excluding carboxylic acids is 1. The fourth-order valence-corrected chi connectivity index (χ4v) is 4.79. The number of amides is 1. The van der Waals surface area contributed by atoms with Crippen LogP contribution in [-0.2, 0) is 4.79 Å². The highest BCUT2D eigenvalue weighted by molar-refractivity contribution is 8.24. The second-order valence-electron chi connectivity index (χ2n) is 7.92. The molecule has 1 atom stereocenters. The fourth-order valence-electron chi connectivity index (χ4n) is 3.93. The zero-order valence-corrected chi connectivity index (χ0v) is 19.3. The molecule has 0 saturated heterocycles. The Morgan fingerprint density at radius 3 is 2.69 bits per heavy atom. The van der Waals surface area contributed by atoms with Crippen molar-refractivity contribution in [3.8, 4) is 10.7 Å². The quantitative estimate of drug-likeness (QED) is 0.255. The maximum Gasteiger partial charge on any atom is 0.254 e. The van der Waals surface area contributed by atoms with E-state index in [-0.39, 0.29) is 17.0 Å². The molecule has 0 bridgehead atoms. The van der Waals surface area contributed by atoms with Crippen LogP contribution in [0.25, 0.3) is 21.6 Å². The van der Waals surface area contributed by atoms with Gasteiger partial charge >= 0.3 is 0 Å². The Morgan fingerprint density at radius 2 is 2.00 bits per heavy atom. The lowest BCUT2D eigenvalue weighted by atomic mass is 9.70. The highest BCUT2D eigenvalue weighted by Crippen LogP contribution is 2.43. The molecule has 2 heterocycles. The molecule has 0 aliphatic heterocycles. The van der Waals surface area contributed by atoms with Crippen molar-refractivity contribution < 1.29 is 4.79 Å². The maximum absolute atomic E-state index is 13.2. The van der Waals surface area contributed by atoms with Crippen LogP contribution in [0.5, 0.6) is 0 Å². The summed E-state index contributed by atoms with van der Waals surface area (Å²) in [5.41, 5.74) is 10.0. The highest BCUT2D eigenvalue weighted by atomic mass is 32.2. The van der Waals surface area contributed by atoms with Gasteiger partial charge in [-0.1, -0.05) is 50.2 Å². The van der Waals surface area contributed by atoms with E-state index < -0.39 is 5.41 Å². The molecule has 0 aliphatic carbocycles. The van der Waals surface area contributed by atoms with Gasteiger partial charge in [0, 0.05) is 28.4 Å². The average Bonchev–Trinajstić information content (AvgIpc) is 3.44. The number of hydrogen-bond donors (Lipinski definition) is 3. The first-order valence-electron chi connectivity index (χ1n) is 10.0. The van der Waals surface area contributed by atoms with Gasteiger partial charge in [-0.3, -0.25) is 4.79 Å². The van der Waals surface area contributed by atoms with Gasteiger partial charge in [-0.25, -0.2) is 4.98 Å². The predicted octanol–water partition coefficient (Wildman–Crippen LogP) is 5.63. The lowest BCUT2D eigenvalue weighted by molar-refractivity contribution is -0.126. The molecule has 0 saturated carbocycles. The van der Waals surface area contributed by atoms with E-state index in [2.05, 4.69) is 33.2 Å². The number of thioether (sulfide) groups is 1. The SMILES string of the molecule is CC(C)(C(=O)N=C(N)SC=N)C(c1ccccc1)c1ccc2[nH]c(-c3nccs3)cc2c1. The van der Waals surface area contributed by atoms with Crippen molar-refractivity contribution in [3.63, 3.8) is 0 Å². The van der Waals surface area contributed by atoms with Gasteiger partial charge in [-0.15, -0.1) is 11.3 Å². The number of hydrogen-bond acceptors (Lipinski definition) is 5. The first-order chi connectivity index (χ1) is 15.4. The Labute approximate surface area is 194 Å². The molecule has 0 radical (unpaired) electrons. The number of aromatic amines is 1. The second kappa shape index (κ2) is 9.10. The number of rotatable bonds is 6. The number of carbonyl (C=O) groups is 1. The average molecular weight is 462 g/mol. The molecule has 6 nitrogen and oxygen atoms in total. The number of amidine groups is 1. The Balaban J connectivity index is 1.80. The van der Waals surface area contributed by atoms with E-state index in [0.29, 0.717) is 0 Å². The fraction of sp³-hybridized carbons (Fsp3) is 0.167. The number of aliphatic imine (C=N–C) groups is 1. The molecule has 1 amide bonds. The molecule has 162 valence electrons. The van der Waals surface area contributed by atoms with Crippen LogP contribution in [0, 0.1) is 10.8 Å². The van der Waals surface area contributed by atoms with Gasteiger partial charge in [0.25, 0.3) is 5.91 Å². The van der Waals surface area contributed by atoms with Crippen LogP contribution < -0.4 is 5.73 Å². The molecule has 2 aromatic heterocycles. The van der Waals surface area contributed by atoms with Crippen LogP contribution in [-0.4, -0.2) is 26.6 Å². The summed E-state index contributed by atoms with van der Waals surface area (Å²) >= 11 is 2.51. The van der Waals surface area contributed by atoms with Gasteiger partial charge in [-0.2, -0.15) is 4.99 Å². The molecule has 0 fully saturated rings.